The van der Waals surface area contributed by atoms with Crippen LogP contribution >= 0.6 is 11.8 Å². The van der Waals surface area contributed by atoms with Crippen LogP contribution in [0, 0.1) is 5.92 Å². The summed E-state index contributed by atoms with van der Waals surface area (Å²) >= 11 is 1.71. The average molecular weight is 279 g/mol. The lowest BCUT2D eigenvalue weighted by Crippen LogP contribution is -2.34. The molecule has 0 aliphatic carbocycles. The van der Waals surface area contributed by atoms with Gasteiger partial charge in [0.15, 0.2) is 0 Å². The molecule has 19 heavy (non-hydrogen) atoms. The Morgan fingerprint density at radius 3 is 2.84 bits per heavy atom. The van der Waals surface area contributed by atoms with Gasteiger partial charge in [0.1, 0.15) is 0 Å². The van der Waals surface area contributed by atoms with Crippen LogP contribution in [-0.2, 0) is 16.0 Å². The minimum absolute atomic E-state index is 0.0995. The average Bonchev–Trinajstić information content (AvgIpc) is 2.47. The summed E-state index contributed by atoms with van der Waals surface area (Å²) in [5.74, 6) is 0.582. The number of hydrogen-bond donors (Lipinski definition) is 1. The van der Waals surface area contributed by atoms with E-state index < -0.39 is 0 Å². The van der Waals surface area contributed by atoms with Gasteiger partial charge in [0.05, 0.1) is 13.0 Å². The molecule has 1 N–H and O–H groups in total. The summed E-state index contributed by atoms with van der Waals surface area (Å²) in [5, 5.41) is 3.01. The zero-order chi connectivity index (χ0) is 13.5. The van der Waals surface area contributed by atoms with Crippen molar-refractivity contribution in [1.29, 1.82) is 0 Å². The van der Waals surface area contributed by atoms with Crippen LogP contribution in [0.25, 0.3) is 0 Å². The quantitative estimate of drug-likeness (QED) is 0.842. The molecule has 0 aromatic heterocycles. The van der Waals surface area contributed by atoms with Crippen LogP contribution in [0.1, 0.15) is 18.4 Å². The van der Waals surface area contributed by atoms with Gasteiger partial charge in [-0.05, 0) is 42.7 Å². The van der Waals surface area contributed by atoms with Crippen molar-refractivity contribution in [1.82, 2.24) is 5.32 Å². The number of rotatable bonds is 5. The van der Waals surface area contributed by atoms with Crippen molar-refractivity contribution in [3.63, 3.8) is 0 Å². The highest BCUT2D eigenvalue weighted by molar-refractivity contribution is 7.98. The molecule has 104 valence electrons. The third-order valence-corrected chi connectivity index (χ3v) is 4.11. The smallest absolute Gasteiger partial charge is 0.224 e. The van der Waals surface area contributed by atoms with E-state index in [0.717, 1.165) is 38.2 Å². The van der Waals surface area contributed by atoms with Gasteiger partial charge in [-0.25, -0.2) is 0 Å². The summed E-state index contributed by atoms with van der Waals surface area (Å²) in [4.78, 5) is 13.1. The fourth-order valence-corrected chi connectivity index (χ4v) is 2.63. The predicted octanol–water partition coefficient (Wildman–Crippen LogP) is 2.49. The number of amides is 1. The molecule has 1 aliphatic rings. The summed E-state index contributed by atoms with van der Waals surface area (Å²) < 4.78 is 5.40. The number of benzene rings is 1. The third-order valence-electron chi connectivity index (χ3n) is 3.37. The van der Waals surface area contributed by atoms with Crippen LogP contribution in [0.5, 0.6) is 0 Å². The molecule has 1 atom stereocenters. The number of carbonyl (C=O) groups is 1. The Bertz CT molecular complexity index is 399. The standard InChI is InChI=1S/C15H21NO2S/c1-19-14-6-4-12(5-7-14)9-15(17)16-10-13-3-2-8-18-11-13/h4-7,13H,2-3,8-11H2,1H3,(H,16,17). The second-order valence-corrected chi connectivity index (χ2v) is 5.79. The van der Waals surface area contributed by atoms with E-state index in [2.05, 4.69) is 17.4 Å². The monoisotopic (exact) mass is 279 g/mol. The van der Waals surface area contributed by atoms with E-state index in [1.165, 1.54) is 4.90 Å². The Hall–Kier alpha value is -1.00. The largest absolute Gasteiger partial charge is 0.381 e. The Morgan fingerprint density at radius 2 is 2.21 bits per heavy atom. The van der Waals surface area contributed by atoms with E-state index in [4.69, 9.17) is 4.74 Å². The molecule has 1 aromatic rings. The molecule has 1 amide bonds. The van der Waals surface area contributed by atoms with Crippen LogP contribution in [0.15, 0.2) is 29.2 Å². The zero-order valence-corrected chi connectivity index (χ0v) is 12.2. The lowest BCUT2D eigenvalue weighted by molar-refractivity contribution is -0.120. The lowest BCUT2D eigenvalue weighted by atomic mass is 10.0. The van der Waals surface area contributed by atoms with E-state index in [1.54, 1.807) is 11.8 Å². The van der Waals surface area contributed by atoms with Crippen LogP contribution < -0.4 is 5.32 Å². The molecular formula is C15H21NO2S. The highest BCUT2D eigenvalue weighted by atomic mass is 32.2. The van der Waals surface area contributed by atoms with Crippen molar-refractivity contribution in [2.75, 3.05) is 26.0 Å². The second-order valence-electron chi connectivity index (χ2n) is 4.91. The van der Waals surface area contributed by atoms with Crippen LogP contribution in [-0.4, -0.2) is 31.9 Å². The molecule has 0 saturated carbocycles. The number of thioether (sulfide) groups is 1. The lowest BCUT2D eigenvalue weighted by Gasteiger charge is -2.22. The van der Waals surface area contributed by atoms with Crippen LogP contribution in [0.3, 0.4) is 0 Å². The van der Waals surface area contributed by atoms with Gasteiger partial charge in [-0.3, -0.25) is 4.79 Å². The molecule has 3 nitrogen and oxygen atoms in total. The van der Waals surface area contributed by atoms with Crippen molar-refractivity contribution in [3.8, 4) is 0 Å². The first kappa shape index (κ1) is 14.4. The molecule has 1 aromatic carbocycles. The van der Waals surface area contributed by atoms with Gasteiger partial charge >= 0.3 is 0 Å². The topological polar surface area (TPSA) is 38.3 Å². The van der Waals surface area contributed by atoms with Crippen molar-refractivity contribution in [2.45, 2.75) is 24.2 Å². The van der Waals surface area contributed by atoms with Gasteiger partial charge in [0.25, 0.3) is 0 Å². The highest BCUT2D eigenvalue weighted by Crippen LogP contribution is 2.15. The fourth-order valence-electron chi connectivity index (χ4n) is 2.22. The van der Waals surface area contributed by atoms with Crippen molar-refractivity contribution in [2.24, 2.45) is 5.92 Å². The van der Waals surface area contributed by atoms with E-state index in [0.29, 0.717) is 12.3 Å². The summed E-state index contributed by atoms with van der Waals surface area (Å²) in [6, 6.07) is 8.16. The number of carbonyl (C=O) groups excluding carboxylic acids is 1. The first-order valence-electron chi connectivity index (χ1n) is 6.75. The molecule has 0 spiro atoms. The van der Waals surface area contributed by atoms with Crippen LogP contribution in [0.2, 0.25) is 0 Å². The Labute approximate surface area is 119 Å². The van der Waals surface area contributed by atoms with E-state index in [9.17, 15) is 4.79 Å². The molecule has 0 radical (unpaired) electrons. The van der Waals surface area contributed by atoms with Gasteiger partial charge in [0.2, 0.25) is 5.91 Å². The minimum atomic E-state index is 0.0995. The summed E-state index contributed by atoms with van der Waals surface area (Å²) in [7, 11) is 0. The Morgan fingerprint density at radius 1 is 1.42 bits per heavy atom. The van der Waals surface area contributed by atoms with Crippen molar-refractivity contribution < 1.29 is 9.53 Å². The van der Waals surface area contributed by atoms with Crippen LogP contribution in [0.4, 0.5) is 0 Å². The molecule has 1 saturated heterocycles. The van der Waals surface area contributed by atoms with Crippen molar-refractivity contribution >= 4 is 17.7 Å². The normalized spacial score (nSPS) is 19.1. The Kier molecular flexibility index (Phi) is 5.73. The number of nitrogens with one attached hydrogen (secondary N) is 1. The van der Waals surface area contributed by atoms with Gasteiger partial charge in [-0.15, -0.1) is 11.8 Å². The molecule has 0 bridgehead atoms. The molecular weight excluding hydrogens is 258 g/mol. The molecule has 1 aliphatic heterocycles. The predicted molar refractivity (Wildman–Crippen MR) is 78.5 cm³/mol. The number of hydrogen-bond acceptors (Lipinski definition) is 3. The van der Waals surface area contributed by atoms with Crippen molar-refractivity contribution in [3.05, 3.63) is 29.8 Å². The molecule has 1 fully saturated rings. The maximum Gasteiger partial charge on any atom is 0.224 e. The van der Waals surface area contributed by atoms with E-state index >= 15 is 0 Å². The summed E-state index contributed by atoms with van der Waals surface area (Å²) in [6.07, 6.45) is 4.77. The van der Waals surface area contributed by atoms with E-state index in [1.807, 2.05) is 18.4 Å². The van der Waals surface area contributed by atoms with Gasteiger partial charge in [-0.1, -0.05) is 12.1 Å². The van der Waals surface area contributed by atoms with Gasteiger partial charge < -0.3 is 10.1 Å². The summed E-state index contributed by atoms with van der Waals surface area (Å²) in [5.41, 5.74) is 1.06. The second kappa shape index (κ2) is 7.56. The Balaban J connectivity index is 1.73. The van der Waals surface area contributed by atoms with E-state index in [-0.39, 0.29) is 5.91 Å². The number of ether oxygens (including phenoxy) is 1. The van der Waals surface area contributed by atoms with Gasteiger partial charge in [0, 0.05) is 18.0 Å². The first-order chi connectivity index (χ1) is 9.28. The van der Waals surface area contributed by atoms with Gasteiger partial charge in [-0.2, -0.15) is 0 Å². The third kappa shape index (κ3) is 4.88. The molecule has 4 heteroatoms. The molecule has 1 unspecified atom stereocenters. The summed E-state index contributed by atoms with van der Waals surface area (Å²) in [6.45, 7) is 2.39. The maximum absolute atomic E-state index is 11.9. The SMILES string of the molecule is CSc1ccc(CC(=O)NCC2CCCOC2)cc1. The molecule has 1 heterocycles. The minimum Gasteiger partial charge on any atom is -0.381 e. The zero-order valence-electron chi connectivity index (χ0n) is 11.4. The molecule has 2 rings (SSSR count). The maximum atomic E-state index is 11.9. The highest BCUT2D eigenvalue weighted by Gasteiger charge is 2.14. The first-order valence-corrected chi connectivity index (χ1v) is 7.98. The fraction of sp³-hybridized carbons (Fsp3) is 0.533.